The Morgan fingerprint density at radius 3 is 2.03 bits per heavy atom. The first-order valence-corrected chi connectivity index (χ1v) is 10.8. The van der Waals surface area contributed by atoms with Gasteiger partial charge in [0, 0.05) is 0 Å². The lowest BCUT2D eigenvalue weighted by atomic mass is 9.77. The van der Waals surface area contributed by atoms with Crippen molar-refractivity contribution in [3.8, 4) is 5.75 Å². The molecule has 0 radical (unpaired) electrons. The quantitative estimate of drug-likeness (QED) is 0.750. The van der Waals surface area contributed by atoms with Crippen LogP contribution in [-0.2, 0) is 19.3 Å². The van der Waals surface area contributed by atoms with Gasteiger partial charge >= 0.3 is 7.12 Å². The molecule has 0 spiro atoms. The highest BCUT2D eigenvalue weighted by atomic mass is 32.2. The minimum absolute atomic E-state index is 0.349. The Labute approximate surface area is 171 Å². The lowest BCUT2D eigenvalue weighted by Crippen LogP contribution is -2.41. The van der Waals surface area contributed by atoms with Gasteiger partial charge < -0.3 is 14.0 Å². The third kappa shape index (κ3) is 4.33. The summed E-state index contributed by atoms with van der Waals surface area (Å²) >= 11 is 0. The van der Waals surface area contributed by atoms with Crippen LogP contribution in [-0.4, -0.2) is 33.8 Å². The lowest BCUT2D eigenvalue weighted by molar-refractivity contribution is 0.00578. The lowest BCUT2D eigenvalue weighted by Gasteiger charge is -2.32. The van der Waals surface area contributed by atoms with Gasteiger partial charge in [-0.25, -0.2) is 17.9 Å². The number of hydrogen-bond donors (Lipinski definition) is 1. The third-order valence-corrected chi connectivity index (χ3v) is 6.72. The van der Waals surface area contributed by atoms with Crippen LogP contribution in [0, 0.1) is 5.82 Å². The molecule has 0 bridgehead atoms. The minimum atomic E-state index is -4.05. The van der Waals surface area contributed by atoms with E-state index in [2.05, 4.69) is 0 Å². The van der Waals surface area contributed by atoms with Crippen LogP contribution in [0.4, 0.5) is 4.39 Å². The van der Waals surface area contributed by atoms with Crippen LogP contribution in [0.25, 0.3) is 0 Å². The molecule has 0 aliphatic carbocycles. The van der Waals surface area contributed by atoms with Gasteiger partial charge in [0.25, 0.3) is 0 Å². The van der Waals surface area contributed by atoms with Crippen molar-refractivity contribution in [1.82, 2.24) is 0 Å². The van der Waals surface area contributed by atoms with Crippen LogP contribution in [0.1, 0.15) is 44.1 Å². The Kier molecular flexibility index (Phi) is 5.55. The second-order valence-corrected chi connectivity index (χ2v) is 9.80. The van der Waals surface area contributed by atoms with Crippen LogP contribution in [0.2, 0.25) is 0 Å². The molecule has 0 saturated carbocycles. The second kappa shape index (κ2) is 7.39. The highest BCUT2D eigenvalue weighted by Crippen LogP contribution is 2.37. The molecule has 0 amide bonds. The number of benzene rings is 2. The zero-order valence-corrected chi connectivity index (χ0v) is 17.9. The van der Waals surface area contributed by atoms with E-state index in [1.807, 2.05) is 27.7 Å². The summed E-state index contributed by atoms with van der Waals surface area (Å²) in [4.78, 5) is 0. The first-order chi connectivity index (χ1) is 13.3. The maximum atomic E-state index is 13.3. The number of rotatable bonds is 5. The van der Waals surface area contributed by atoms with Gasteiger partial charge in [0.2, 0.25) is 10.0 Å². The fourth-order valence-electron chi connectivity index (χ4n) is 3.24. The zero-order chi connectivity index (χ0) is 21.6. The summed E-state index contributed by atoms with van der Waals surface area (Å²) in [5.74, 6) is -0.0338. The molecular formula is C20H25BFNO5S. The van der Waals surface area contributed by atoms with E-state index in [0.29, 0.717) is 22.3 Å². The third-order valence-electron chi connectivity index (χ3n) is 5.52. The molecule has 0 aromatic heterocycles. The fourth-order valence-corrected chi connectivity index (χ4v) is 4.29. The van der Waals surface area contributed by atoms with Gasteiger partial charge in [-0.05, 0) is 68.6 Å². The van der Waals surface area contributed by atoms with Crippen molar-refractivity contribution < 1.29 is 26.9 Å². The smallest absolute Gasteiger partial charge is 0.494 e. The van der Waals surface area contributed by atoms with E-state index in [1.54, 1.807) is 18.2 Å². The van der Waals surface area contributed by atoms with Gasteiger partial charge in [-0.15, -0.1) is 0 Å². The van der Waals surface area contributed by atoms with Crippen molar-refractivity contribution in [2.45, 2.75) is 44.1 Å². The van der Waals surface area contributed by atoms with E-state index in [-0.39, 0.29) is 0 Å². The Hall–Kier alpha value is -1.94. The number of methoxy groups -OCH3 is 1. The predicted octanol–water partition coefficient (Wildman–Crippen LogP) is 2.51. The number of ether oxygens (including phenoxy) is 1. The molecule has 156 valence electrons. The number of primary sulfonamides is 1. The summed E-state index contributed by atoms with van der Waals surface area (Å²) < 4.78 is 55.8. The number of hydrogen-bond acceptors (Lipinski definition) is 5. The fraction of sp³-hybridized carbons (Fsp3) is 0.400. The summed E-state index contributed by atoms with van der Waals surface area (Å²) in [6, 6.07) is 10.2. The van der Waals surface area contributed by atoms with Crippen LogP contribution < -0.4 is 15.3 Å². The second-order valence-electron chi connectivity index (χ2n) is 8.15. The normalized spacial score (nSPS) is 19.2. The van der Waals surface area contributed by atoms with Crippen molar-refractivity contribution in [1.29, 1.82) is 0 Å². The maximum absolute atomic E-state index is 13.3. The summed E-state index contributed by atoms with van der Waals surface area (Å²) in [5, 5.41) is 4.34. The van der Waals surface area contributed by atoms with Gasteiger partial charge in [-0.1, -0.05) is 18.2 Å². The number of halogens is 1. The average molecular weight is 421 g/mol. The largest absolute Gasteiger partial charge is 0.497 e. The SMILES string of the molecule is COc1cc(B2OC(C)(C)C(C)(C)O2)cc(C(c2ccc(F)cc2)S(N)(=O)=O)c1. The Bertz CT molecular complexity index is 992. The average Bonchev–Trinajstić information content (AvgIpc) is 2.83. The van der Waals surface area contributed by atoms with E-state index < -0.39 is 39.4 Å². The van der Waals surface area contributed by atoms with Crippen LogP contribution in [0.15, 0.2) is 42.5 Å². The maximum Gasteiger partial charge on any atom is 0.494 e. The standard InChI is InChI=1S/C20H25BFNO5S/c1-19(2)20(3,4)28-21(27-19)15-10-14(11-17(12-15)26-5)18(29(23,24)25)13-6-8-16(22)9-7-13/h6-12,18H,1-5H3,(H2,23,24,25). The van der Waals surface area contributed by atoms with Gasteiger partial charge in [-0.2, -0.15) is 0 Å². The van der Waals surface area contributed by atoms with E-state index in [9.17, 15) is 12.8 Å². The summed E-state index contributed by atoms with van der Waals surface area (Å²) in [5.41, 5.74) is 0.216. The molecule has 2 aromatic carbocycles. The number of sulfonamides is 1. The van der Waals surface area contributed by atoms with Crippen LogP contribution in [0.3, 0.4) is 0 Å². The van der Waals surface area contributed by atoms with Gasteiger partial charge in [0.1, 0.15) is 16.8 Å². The highest BCUT2D eigenvalue weighted by Gasteiger charge is 2.52. The van der Waals surface area contributed by atoms with Crippen molar-refractivity contribution in [3.05, 3.63) is 59.4 Å². The summed E-state index contributed by atoms with van der Waals surface area (Å²) in [7, 11) is -3.28. The topological polar surface area (TPSA) is 87.8 Å². The van der Waals surface area contributed by atoms with E-state index in [0.717, 1.165) is 0 Å². The minimum Gasteiger partial charge on any atom is -0.497 e. The molecule has 3 rings (SSSR count). The van der Waals surface area contributed by atoms with Crippen molar-refractivity contribution in [2.24, 2.45) is 5.14 Å². The molecule has 1 atom stereocenters. The Morgan fingerprint density at radius 2 is 1.55 bits per heavy atom. The Balaban J connectivity index is 2.11. The molecule has 2 N–H and O–H groups in total. The molecule has 1 heterocycles. The van der Waals surface area contributed by atoms with Gasteiger partial charge in [0.05, 0.1) is 18.3 Å². The molecule has 1 saturated heterocycles. The molecule has 1 aliphatic heterocycles. The van der Waals surface area contributed by atoms with E-state index in [1.165, 1.54) is 31.4 Å². The molecule has 1 unspecified atom stereocenters. The van der Waals surface area contributed by atoms with Gasteiger partial charge in [-0.3, -0.25) is 0 Å². The van der Waals surface area contributed by atoms with E-state index in [4.69, 9.17) is 19.2 Å². The van der Waals surface area contributed by atoms with Crippen molar-refractivity contribution in [2.75, 3.05) is 7.11 Å². The first-order valence-electron chi connectivity index (χ1n) is 9.16. The summed E-state index contributed by atoms with van der Waals surface area (Å²) in [6.07, 6.45) is 0. The molecular weight excluding hydrogens is 396 g/mol. The number of nitrogens with two attached hydrogens (primary N) is 1. The summed E-state index contributed by atoms with van der Waals surface area (Å²) in [6.45, 7) is 7.72. The van der Waals surface area contributed by atoms with E-state index >= 15 is 0 Å². The Morgan fingerprint density at radius 1 is 1.00 bits per heavy atom. The van der Waals surface area contributed by atoms with Crippen molar-refractivity contribution in [3.63, 3.8) is 0 Å². The molecule has 1 aliphatic rings. The molecule has 29 heavy (non-hydrogen) atoms. The zero-order valence-electron chi connectivity index (χ0n) is 17.1. The first kappa shape index (κ1) is 21.8. The molecule has 6 nitrogen and oxygen atoms in total. The molecule has 9 heteroatoms. The molecule has 1 fully saturated rings. The molecule has 2 aromatic rings. The highest BCUT2D eigenvalue weighted by molar-refractivity contribution is 7.89. The van der Waals surface area contributed by atoms with Gasteiger partial charge in [0.15, 0.2) is 0 Å². The monoisotopic (exact) mass is 421 g/mol. The van der Waals surface area contributed by atoms with Crippen molar-refractivity contribution >= 4 is 22.6 Å². The van der Waals surface area contributed by atoms with Crippen LogP contribution in [0.5, 0.6) is 5.75 Å². The predicted molar refractivity (Wildman–Crippen MR) is 110 cm³/mol. The van der Waals surface area contributed by atoms with Crippen LogP contribution >= 0.6 is 0 Å².